The molecule has 1 aromatic heterocycles. The molecule has 14 heteroatoms. The maximum atomic E-state index is 13.1. The van der Waals surface area contributed by atoms with Gasteiger partial charge in [0.15, 0.2) is 0 Å². The summed E-state index contributed by atoms with van der Waals surface area (Å²) < 4.78 is 32.8. The number of thiazole rings is 1. The van der Waals surface area contributed by atoms with Crippen molar-refractivity contribution in [3.8, 4) is 17.2 Å². The van der Waals surface area contributed by atoms with Crippen molar-refractivity contribution < 1.29 is 47.6 Å². The molecule has 54 heavy (non-hydrogen) atoms. The van der Waals surface area contributed by atoms with Gasteiger partial charge >= 0.3 is 23.9 Å². The number of rotatable bonds is 17. The summed E-state index contributed by atoms with van der Waals surface area (Å²) in [6.07, 6.45) is 1.86. The number of aromatic nitrogens is 1. The number of carbonyl (C=O) groups is 4. The van der Waals surface area contributed by atoms with Crippen LogP contribution in [0.2, 0.25) is 0 Å². The van der Waals surface area contributed by atoms with Gasteiger partial charge in [-0.05, 0) is 92.2 Å². The number of nitrogens with one attached hydrogen (secondary N) is 1. The van der Waals surface area contributed by atoms with Crippen LogP contribution in [-0.2, 0) is 30.2 Å². The summed E-state index contributed by atoms with van der Waals surface area (Å²) in [5, 5.41) is 4.92. The number of nitrogens with zero attached hydrogens (tertiary/aromatic N) is 2. The van der Waals surface area contributed by atoms with Gasteiger partial charge in [-0.25, -0.2) is 24.2 Å². The summed E-state index contributed by atoms with van der Waals surface area (Å²) >= 11 is 1.44. The molecule has 1 heterocycles. The summed E-state index contributed by atoms with van der Waals surface area (Å²) in [6, 6.07) is 25.2. The van der Waals surface area contributed by atoms with E-state index < -0.39 is 23.9 Å². The third-order valence-corrected chi connectivity index (χ3v) is 8.21. The number of hydrogen-bond acceptors (Lipinski definition) is 14. The molecule has 0 spiro atoms. The molecule has 276 valence electrons. The minimum absolute atomic E-state index is 0.0639. The number of esters is 4. The van der Waals surface area contributed by atoms with Crippen molar-refractivity contribution in [2.75, 3.05) is 25.6 Å². The number of carbonyl (C=O) groups excluding carboxylic acids is 4. The zero-order valence-electron chi connectivity index (χ0n) is 29.4. The van der Waals surface area contributed by atoms with E-state index in [0.717, 1.165) is 15.8 Å². The smallest absolute Gasteiger partial charge is 0.343 e. The van der Waals surface area contributed by atoms with E-state index in [1.165, 1.54) is 55.7 Å². The number of anilines is 1. The normalized spacial score (nSPS) is 10.7. The Labute approximate surface area is 314 Å². The maximum absolute atomic E-state index is 13.1. The molecule has 0 bridgehead atoms. The average Bonchev–Trinajstić information content (AvgIpc) is 3.59. The maximum Gasteiger partial charge on any atom is 0.343 e. The highest BCUT2D eigenvalue weighted by atomic mass is 32.1. The van der Waals surface area contributed by atoms with Gasteiger partial charge in [0, 0.05) is 23.1 Å². The van der Waals surface area contributed by atoms with Crippen LogP contribution < -0.4 is 19.6 Å². The lowest BCUT2D eigenvalue weighted by atomic mass is 10.1. The highest BCUT2D eigenvalue weighted by Gasteiger charge is 2.14. The van der Waals surface area contributed by atoms with Crippen molar-refractivity contribution in [2.24, 2.45) is 5.10 Å². The Kier molecular flexibility index (Phi) is 13.3. The molecule has 0 amide bonds. The highest BCUT2D eigenvalue weighted by Crippen LogP contribution is 2.26. The van der Waals surface area contributed by atoms with Crippen LogP contribution in [0.3, 0.4) is 0 Å². The lowest BCUT2D eigenvalue weighted by Gasteiger charge is -2.11. The van der Waals surface area contributed by atoms with Crippen molar-refractivity contribution in [3.63, 3.8) is 0 Å². The first-order valence-electron chi connectivity index (χ1n) is 16.3. The van der Waals surface area contributed by atoms with Crippen molar-refractivity contribution in [1.82, 2.24) is 4.98 Å². The Balaban J connectivity index is 1.21. The fourth-order valence-electron chi connectivity index (χ4n) is 4.45. The molecule has 0 saturated heterocycles. The summed E-state index contributed by atoms with van der Waals surface area (Å²) in [6.45, 7) is 9.54. The molecule has 4 aromatic carbocycles. The van der Waals surface area contributed by atoms with E-state index in [-0.39, 0.29) is 42.7 Å². The Morgan fingerprint density at radius 2 is 1.35 bits per heavy atom. The molecule has 5 aromatic rings. The first-order chi connectivity index (χ1) is 26.0. The number of fused-ring (bicyclic) bond motifs is 1. The third-order valence-electron chi connectivity index (χ3n) is 7.27. The Bertz CT molecular complexity index is 2160. The molecule has 0 radical (unpaired) electrons. The van der Waals surface area contributed by atoms with Crippen LogP contribution in [0.4, 0.5) is 5.13 Å². The van der Waals surface area contributed by atoms with Gasteiger partial charge in [0.2, 0.25) is 18.7 Å². The Morgan fingerprint density at radius 1 is 0.759 bits per heavy atom. The van der Waals surface area contributed by atoms with Gasteiger partial charge < -0.3 is 28.4 Å². The minimum atomic E-state index is -0.630. The predicted octanol–water partition coefficient (Wildman–Crippen LogP) is 7.27. The lowest BCUT2D eigenvalue weighted by Crippen LogP contribution is -2.12. The molecule has 13 nitrogen and oxygen atoms in total. The van der Waals surface area contributed by atoms with Crippen LogP contribution in [0.5, 0.6) is 17.2 Å². The molecule has 0 fully saturated rings. The van der Waals surface area contributed by atoms with Gasteiger partial charge in [-0.3, -0.25) is 5.43 Å². The number of para-hydroxylation sites is 1. The summed E-state index contributed by atoms with van der Waals surface area (Å²) in [7, 11) is 0. The standard InChI is InChI=1S/C40H35N3O10S/c1-25(2)36(44)51-23-49-31-14-10-28(11-15-31)38(46)48-20-19-27-9-18-34(30(21-27)22-41-43-40-42-33-7-5-6-8-35(33)54-40)53-39(47)29-12-16-32(17-13-29)50-24-52-37(45)26(3)4/h5-18,21-22H,1,3,19-20,23-24H2,2,4H3,(H,42,43)/b41-22+. The van der Waals surface area contributed by atoms with E-state index in [2.05, 4.69) is 28.7 Å². The molecule has 5 rings (SSSR count). The second-order valence-corrected chi connectivity index (χ2v) is 12.5. The first kappa shape index (κ1) is 38.4. The fourth-order valence-corrected chi connectivity index (χ4v) is 5.27. The topological polar surface area (TPSA) is 161 Å². The van der Waals surface area contributed by atoms with Gasteiger partial charge in [-0.2, -0.15) is 5.10 Å². The van der Waals surface area contributed by atoms with Crippen molar-refractivity contribution in [3.05, 3.63) is 138 Å². The summed E-state index contributed by atoms with van der Waals surface area (Å²) in [4.78, 5) is 53.4. The van der Waals surface area contributed by atoms with E-state index in [4.69, 9.17) is 28.4 Å². The van der Waals surface area contributed by atoms with E-state index >= 15 is 0 Å². The zero-order chi connectivity index (χ0) is 38.5. The highest BCUT2D eigenvalue weighted by molar-refractivity contribution is 7.22. The number of benzene rings is 4. The molecule has 0 atom stereocenters. The summed E-state index contributed by atoms with van der Waals surface area (Å²) in [5.41, 5.74) is 6.09. The second-order valence-electron chi connectivity index (χ2n) is 11.5. The molecule has 0 aliphatic carbocycles. The first-order valence-corrected chi connectivity index (χ1v) is 17.1. The van der Waals surface area contributed by atoms with Crippen LogP contribution in [0.25, 0.3) is 10.2 Å². The molecule has 0 unspecified atom stereocenters. The number of hydrogen-bond donors (Lipinski definition) is 1. The molecular weight excluding hydrogens is 715 g/mol. The van der Waals surface area contributed by atoms with E-state index in [9.17, 15) is 19.2 Å². The monoisotopic (exact) mass is 749 g/mol. The average molecular weight is 750 g/mol. The molecule has 0 aliphatic rings. The number of ether oxygens (including phenoxy) is 6. The van der Waals surface area contributed by atoms with Gasteiger partial charge in [-0.15, -0.1) is 0 Å². The van der Waals surface area contributed by atoms with Crippen LogP contribution in [0.15, 0.2) is 120 Å². The van der Waals surface area contributed by atoms with Gasteiger partial charge in [0.05, 0.1) is 34.2 Å². The van der Waals surface area contributed by atoms with E-state index in [0.29, 0.717) is 34.2 Å². The molecule has 0 saturated carbocycles. The zero-order valence-corrected chi connectivity index (χ0v) is 30.2. The Morgan fingerprint density at radius 3 is 1.94 bits per heavy atom. The third kappa shape index (κ3) is 11.1. The Hall–Kier alpha value is -6.80. The van der Waals surface area contributed by atoms with Crippen molar-refractivity contribution >= 4 is 56.8 Å². The van der Waals surface area contributed by atoms with Crippen molar-refractivity contribution in [2.45, 2.75) is 20.3 Å². The quantitative estimate of drug-likeness (QED) is 0.0193. The van der Waals surface area contributed by atoms with Gasteiger partial charge in [-0.1, -0.05) is 42.7 Å². The van der Waals surface area contributed by atoms with Crippen LogP contribution >= 0.6 is 11.3 Å². The largest absolute Gasteiger partial charge is 0.462 e. The fraction of sp³-hybridized carbons (Fsp3) is 0.150. The SMILES string of the molecule is C=C(C)C(=O)OCOc1ccc(C(=O)OCCc2ccc(OC(=O)c3ccc(OCOC(=O)C(=C)C)cc3)c(/C=N/Nc3nc4ccccc4s3)c2)cc1. The van der Waals surface area contributed by atoms with Gasteiger partial charge in [0.25, 0.3) is 0 Å². The van der Waals surface area contributed by atoms with Gasteiger partial charge in [0.1, 0.15) is 17.2 Å². The molecule has 0 aliphatic heterocycles. The molecular formula is C40H35N3O10S. The minimum Gasteiger partial charge on any atom is -0.462 e. The van der Waals surface area contributed by atoms with E-state index in [1.54, 1.807) is 42.5 Å². The predicted molar refractivity (Wildman–Crippen MR) is 202 cm³/mol. The van der Waals surface area contributed by atoms with Crippen LogP contribution in [0, 0.1) is 0 Å². The summed E-state index contributed by atoms with van der Waals surface area (Å²) in [5.74, 6) is -1.29. The molecule has 1 N–H and O–H groups in total. The van der Waals surface area contributed by atoms with Crippen LogP contribution in [0.1, 0.15) is 45.7 Å². The number of hydrazone groups is 1. The van der Waals surface area contributed by atoms with Crippen molar-refractivity contribution in [1.29, 1.82) is 0 Å². The van der Waals surface area contributed by atoms with E-state index in [1.807, 2.05) is 24.3 Å². The lowest BCUT2D eigenvalue weighted by molar-refractivity contribution is -0.146. The van der Waals surface area contributed by atoms with Crippen LogP contribution in [-0.4, -0.2) is 55.3 Å². The second kappa shape index (κ2) is 18.6.